The third-order valence-electron chi connectivity index (χ3n) is 15.3. The van der Waals surface area contributed by atoms with Crippen LogP contribution in [0.5, 0.6) is 0 Å². The average Bonchev–Trinajstić information content (AvgIpc) is 3.87. The molecule has 10 N–H and O–H groups in total. The van der Waals surface area contributed by atoms with Crippen LogP contribution in [0.25, 0.3) is 0 Å². The lowest BCUT2D eigenvalue weighted by atomic mass is 9.92. The number of likely N-dealkylation sites (N-methyl/N-ethyl adjacent to an activating group) is 1. The van der Waals surface area contributed by atoms with Gasteiger partial charge in [0.25, 0.3) is 0 Å². The average molecular weight is 1150 g/mol. The lowest BCUT2D eigenvalue weighted by Crippen LogP contribution is -2.66. The van der Waals surface area contributed by atoms with E-state index in [1.54, 1.807) is 53.5 Å². The summed E-state index contributed by atoms with van der Waals surface area (Å²) in [5, 5.41) is 41.9. The number of hydrogen-bond donors (Lipinski definition) is 10. The van der Waals surface area contributed by atoms with Crippen LogP contribution in [-0.4, -0.2) is 171 Å². The van der Waals surface area contributed by atoms with E-state index in [9.17, 15) is 58.2 Å². The molecule has 466 valence electrons. The first-order valence-corrected chi connectivity index (χ1v) is 29.9. The van der Waals surface area contributed by atoms with Crippen molar-refractivity contribution in [3.8, 4) is 0 Å². The molecular weight excluding hydrogens is 1040 g/mol. The maximum atomic E-state index is 14.2. The molecule has 0 aromatic rings. The maximum Gasteiger partial charge on any atom is 0.246 e. The van der Waals surface area contributed by atoms with Crippen LogP contribution in [0.4, 0.5) is 0 Å². The summed E-state index contributed by atoms with van der Waals surface area (Å²) < 4.78 is 0. The van der Waals surface area contributed by atoms with Crippen LogP contribution in [0, 0.1) is 23.7 Å². The number of carbonyl (C=O) groups excluding carboxylic acids is 10. The standard InChI is InChI=1S/C59H108N10O12/c1-18-21-22-23-24-25-27-39(8)53(78)69-29-26-28-45(69)50(75)62-44(33-37(6)32-43(72)34-42(71)20-3)49(74)61-41(10)48(73)65-57(11,12)55(80)64-46(36(4)5)51(76)63-47(38(7)19-2)52(77)66-59(15,16)56(81)67-58(13,14)54(79)60-40(9)35-68(17)30-31-70/h36-41,43-47,70,72H,18-35H2,1-17H3,(H,60,79)(H,61,74)(H,62,75)(H,63,76)(H,64,80)(H,65,73)(H,66,77)(H,67,81)/t37-,38+,39+,40+,41-,43+,44-,45+,46+,47+/m0/s1. The Bertz CT molecular complexity index is 2080. The topological polar surface area (TPSA) is 314 Å². The number of aliphatic hydroxyl groups excluding tert-OH is 2. The molecule has 1 rings (SSSR count). The SMILES string of the molecule is CCCCCCCC[C@@H](C)C(=O)N1CCC[C@@H]1C(=O)N[C@@H](C[C@@H](C)C[C@@H](O)CC(=O)CC)C(=O)N[C@@H](C)C(=O)NC(C)(C)C(=O)N[C@@H](C(=O)N[C@@H](C(=O)NC(C)(C)C(=O)NC(C)(C)C(=O)N[C@H](C)CN(C)CCO)[C@H](C)CC)C(C)C. The predicted molar refractivity (Wildman–Crippen MR) is 313 cm³/mol. The minimum Gasteiger partial charge on any atom is -0.395 e. The normalized spacial score (nSPS) is 17.3. The van der Waals surface area contributed by atoms with E-state index in [2.05, 4.69) is 49.5 Å². The molecule has 0 bridgehead atoms. The monoisotopic (exact) mass is 1150 g/mol. The lowest BCUT2D eigenvalue weighted by Gasteiger charge is -2.35. The minimum absolute atomic E-state index is 0.0299. The summed E-state index contributed by atoms with van der Waals surface area (Å²) in [4.78, 5) is 140. The summed E-state index contributed by atoms with van der Waals surface area (Å²) in [5.41, 5.74) is -4.64. The molecule has 0 unspecified atom stereocenters. The summed E-state index contributed by atoms with van der Waals surface area (Å²) in [5.74, 6) is -7.18. The van der Waals surface area contributed by atoms with E-state index < -0.39 is 112 Å². The number of nitrogens with zero attached hydrogens (tertiary/aromatic N) is 2. The Kier molecular flexibility index (Phi) is 31.9. The third kappa shape index (κ3) is 25.4. The molecule has 0 aromatic carbocycles. The van der Waals surface area contributed by atoms with Crippen molar-refractivity contribution in [2.75, 3.05) is 33.3 Å². The van der Waals surface area contributed by atoms with Crippen molar-refractivity contribution < 1.29 is 58.2 Å². The van der Waals surface area contributed by atoms with E-state index in [1.165, 1.54) is 54.9 Å². The van der Waals surface area contributed by atoms with Gasteiger partial charge in [-0.15, -0.1) is 0 Å². The molecule has 9 amide bonds. The van der Waals surface area contributed by atoms with Gasteiger partial charge < -0.3 is 62.5 Å². The lowest BCUT2D eigenvalue weighted by molar-refractivity contribution is -0.142. The van der Waals surface area contributed by atoms with Crippen molar-refractivity contribution in [3.05, 3.63) is 0 Å². The fourth-order valence-corrected chi connectivity index (χ4v) is 9.67. The highest BCUT2D eigenvalue weighted by Gasteiger charge is 2.42. The van der Waals surface area contributed by atoms with Crippen molar-refractivity contribution in [2.45, 2.75) is 260 Å². The smallest absolute Gasteiger partial charge is 0.246 e. The Morgan fingerprint density at radius 3 is 1.79 bits per heavy atom. The van der Waals surface area contributed by atoms with E-state index in [4.69, 9.17) is 0 Å². The fourth-order valence-electron chi connectivity index (χ4n) is 9.67. The molecule has 1 saturated heterocycles. The molecule has 22 nitrogen and oxygen atoms in total. The second-order valence-corrected chi connectivity index (χ2v) is 25.0. The van der Waals surface area contributed by atoms with Crippen LogP contribution in [0.2, 0.25) is 0 Å². The molecule has 0 aromatic heterocycles. The highest BCUT2D eigenvalue weighted by atomic mass is 16.3. The number of hydrogen-bond acceptors (Lipinski definition) is 13. The molecule has 1 aliphatic heterocycles. The van der Waals surface area contributed by atoms with Crippen molar-refractivity contribution in [3.63, 3.8) is 0 Å². The molecule has 0 aliphatic carbocycles. The Morgan fingerprint density at radius 1 is 0.642 bits per heavy atom. The quantitative estimate of drug-likeness (QED) is 0.0398. The van der Waals surface area contributed by atoms with E-state index >= 15 is 0 Å². The first-order valence-electron chi connectivity index (χ1n) is 29.9. The van der Waals surface area contributed by atoms with Crippen LogP contribution in [0.3, 0.4) is 0 Å². The van der Waals surface area contributed by atoms with Crippen molar-refractivity contribution in [1.29, 1.82) is 0 Å². The Hall–Kier alpha value is -5.22. The largest absolute Gasteiger partial charge is 0.395 e. The molecule has 22 heteroatoms. The zero-order chi connectivity index (χ0) is 62.2. The Labute approximate surface area is 484 Å². The van der Waals surface area contributed by atoms with E-state index in [0.717, 1.165) is 32.1 Å². The highest BCUT2D eigenvalue weighted by Crippen LogP contribution is 2.24. The molecule has 0 saturated carbocycles. The summed E-state index contributed by atoms with van der Waals surface area (Å²) in [6, 6.07) is -5.98. The number of likely N-dealkylation sites (tertiary alicyclic amines) is 1. The number of Topliss-reactive ketones (excluding diaryl/α,β-unsaturated/α-hetero) is 1. The molecular formula is C59H108N10O12. The van der Waals surface area contributed by atoms with E-state index in [0.29, 0.717) is 45.3 Å². The number of ketones is 1. The van der Waals surface area contributed by atoms with Gasteiger partial charge in [0.2, 0.25) is 53.2 Å². The molecule has 1 aliphatic rings. The second-order valence-electron chi connectivity index (χ2n) is 25.0. The molecule has 1 heterocycles. The van der Waals surface area contributed by atoms with Crippen molar-refractivity contribution >= 4 is 58.9 Å². The zero-order valence-electron chi connectivity index (χ0n) is 52.5. The van der Waals surface area contributed by atoms with Crippen molar-refractivity contribution in [1.82, 2.24) is 52.3 Å². The van der Waals surface area contributed by atoms with Gasteiger partial charge in [0.05, 0.1) is 12.7 Å². The fraction of sp³-hybridized carbons (Fsp3) is 0.831. The number of unbranched alkanes of at least 4 members (excludes halogenated alkanes) is 5. The Balaban J connectivity index is 3.22. The van der Waals surface area contributed by atoms with Crippen molar-refractivity contribution in [2.24, 2.45) is 23.7 Å². The van der Waals surface area contributed by atoms with Crippen LogP contribution >= 0.6 is 0 Å². The van der Waals surface area contributed by atoms with Gasteiger partial charge in [0, 0.05) is 44.4 Å². The number of rotatable bonds is 38. The van der Waals surface area contributed by atoms with Gasteiger partial charge in [-0.05, 0) is 112 Å². The number of nitrogens with one attached hydrogen (secondary N) is 8. The van der Waals surface area contributed by atoms with Gasteiger partial charge in [-0.2, -0.15) is 0 Å². The summed E-state index contributed by atoms with van der Waals surface area (Å²) in [6.45, 7) is 27.7. The molecule has 0 spiro atoms. The maximum absolute atomic E-state index is 14.2. The predicted octanol–water partition coefficient (Wildman–Crippen LogP) is 3.28. The number of amides is 9. The van der Waals surface area contributed by atoms with Crippen LogP contribution in [0.15, 0.2) is 0 Å². The van der Waals surface area contributed by atoms with Crippen LogP contribution < -0.4 is 42.5 Å². The third-order valence-corrected chi connectivity index (χ3v) is 15.3. The molecule has 81 heavy (non-hydrogen) atoms. The molecule has 10 atom stereocenters. The minimum atomic E-state index is -1.67. The van der Waals surface area contributed by atoms with Gasteiger partial charge in [-0.3, -0.25) is 47.9 Å². The van der Waals surface area contributed by atoms with E-state index in [-0.39, 0.29) is 61.9 Å². The van der Waals surface area contributed by atoms with Gasteiger partial charge in [0.15, 0.2) is 0 Å². The van der Waals surface area contributed by atoms with Gasteiger partial charge in [0.1, 0.15) is 52.6 Å². The zero-order valence-corrected chi connectivity index (χ0v) is 52.5. The molecule has 0 radical (unpaired) electrons. The summed E-state index contributed by atoms with van der Waals surface area (Å²) in [7, 11) is 1.80. The van der Waals surface area contributed by atoms with Gasteiger partial charge >= 0.3 is 0 Å². The summed E-state index contributed by atoms with van der Waals surface area (Å²) in [6.07, 6.45) is 8.08. The highest BCUT2D eigenvalue weighted by molar-refractivity contribution is 6.00. The number of aliphatic hydroxyl groups is 2. The van der Waals surface area contributed by atoms with Crippen LogP contribution in [0.1, 0.15) is 201 Å². The molecule has 1 fully saturated rings. The number of carbonyl (C=O) groups is 10. The first-order chi connectivity index (χ1) is 37.6. The van der Waals surface area contributed by atoms with Gasteiger partial charge in [-0.1, -0.05) is 100 Å². The van der Waals surface area contributed by atoms with E-state index in [1.807, 2.05) is 18.7 Å². The Morgan fingerprint density at radius 2 is 1.21 bits per heavy atom. The first kappa shape index (κ1) is 73.8. The second kappa shape index (κ2) is 35.0. The van der Waals surface area contributed by atoms with Crippen LogP contribution in [-0.2, 0) is 47.9 Å². The summed E-state index contributed by atoms with van der Waals surface area (Å²) >= 11 is 0. The van der Waals surface area contributed by atoms with Gasteiger partial charge in [-0.25, -0.2) is 0 Å².